The number of hydrogen-bond acceptors (Lipinski definition) is 3. The fourth-order valence-corrected chi connectivity index (χ4v) is 2.49. The topological polar surface area (TPSA) is 66.8 Å². The number of carboxylic acids is 1. The number of aliphatic carboxylic acids is 1. The molecule has 0 bridgehead atoms. The van der Waals surface area contributed by atoms with Gasteiger partial charge in [-0.25, -0.2) is 0 Å². The van der Waals surface area contributed by atoms with E-state index in [1.807, 2.05) is 0 Å². The maximum absolute atomic E-state index is 12.3. The van der Waals surface area contributed by atoms with Crippen LogP contribution < -0.4 is 4.74 Å². The number of hydrogen-bond donors (Lipinski definition) is 1. The lowest BCUT2D eigenvalue weighted by Gasteiger charge is -2.24. The zero-order valence-corrected chi connectivity index (χ0v) is 13.6. The predicted molar refractivity (Wildman–Crippen MR) is 83.5 cm³/mol. The summed E-state index contributed by atoms with van der Waals surface area (Å²) in [6.45, 7) is 1.60. The molecular weight excluding hydrogens is 329 g/mol. The van der Waals surface area contributed by atoms with Crippen LogP contribution in [0.5, 0.6) is 5.75 Å². The van der Waals surface area contributed by atoms with E-state index in [0.717, 1.165) is 12.8 Å². The van der Waals surface area contributed by atoms with E-state index < -0.39 is 11.9 Å². The van der Waals surface area contributed by atoms with Crippen molar-refractivity contribution in [2.75, 3.05) is 13.2 Å². The van der Waals surface area contributed by atoms with Crippen molar-refractivity contribution < 1.29 is 19.4 Å². The maximum atomic E-state index is 12.3. The zero-order valence-electron chi connectivity index (χ0n) is 12.1. The Morgan fingerprint density at radius 3 is 2.64 bits per heavy atom. The Hall–Kier alpha value is -1.46. The van der Waals surface area contributed by atoms with Crippen molar-refractivity contribution in [3.05, 3.63) is 28.2 Å². The molecule has 7 heteroatoms. The van der Waals surface area contributed by atoms with E-state index in [9.17, 15) is 9.59 Å². The van der Waals surface area contributed by atoms with Gasteiger partial charge in [0.25, 0.3) is 5.91 Å². The highest BCUT2D eigenvalue weighted by molar-refractivity contribution is 6.35. The first kappa shape index (κ1) is 16.9. The second-order valence-electron chi connectivity index (χ2n) is 5.38. The third-order valence-electron chi connectivity index (χ3n) is 3.45. The molecule has 1 aliphatic carbocycles. The Morgan fingerprint density at radius 2 is 2.09 bits per heavy atom. The Labute approximate surface area is 138 Å². The minimum Gasteiger partial charge on any atom is -0.482 e. The van der Waals surface area contributed by atoms with Gasteiger partial charge >= 0.3 is 5.97 Å². The van der Waals surface area contributed by atoms with Gasteiger partial charge in [-0.15, -0.1) is 0 Å². The summed E-state index contributed by atoms with van der Waals surface area (Å²) < 4.78 is 5.43. The lowest BCUT2D eigenvalue weighted by Crippen LogP contribution is -2.41. The second-order valence-corrected chi connectivity index (χ2v) is 6.22. The molecule has 0 radical (unpaired) electrons. The molecule has 1 unspecified atom stereocenters. The normalized spacial score (nSPS) is 15.2. The van der Waals surface area contributed by atoms with Crippen molar-refractivity contribution in [1.82, 2.24) is 4.90 Å². The lowest BCUT2D eigenvalue weighted by atomic mass is 10.1. The molecule has 5 nitrogen and oxygen atoms in total. The van der Waals surface area contributed by atoms with Gasteiger partial charge in [0.15, 0.2) is 6.61 Å². The van der Waals surface area contributed by atoms with Gasteiger partial charge in [-0.3, -0.25) is 9.59 Å². The molecule has 1 atom stereocenters. The summed E-state index contributed by atoms with van der Waals surface area (Å²) >= 11 is 11.8. The third-order valence-corrected chi connectivity index (χ3v) is 3.98. The van der Waals surface area contributed by atoms with Crippen LogP contribution in [0.1, 0.15) is 19.8 Å². The van der Waals surface area contributed by atoms with E-state index in [1.54, 1.807) is 24.0 Å². The van der Waals surface area contributed by atoms with E-state index in [-0.39, 0.29) is 25.1 Å². The van der Waals surface area contributed by atoms with Crippen molar-refractivity contribution in [1.29, 1.82) is 0 Å². The fourth-order valence-electron chi connectivity index (χ4n) is 2.03. The van der Waals surface area contributed by atoms with Crippen LogP contribution in [0.3, 0.4) is 0 Å². The van der Waals surface area contributed by atoms with Gasteiger partial charge < -0.3 is 14.7 Å². The third kappa shape index (κ3) is 4.52. The SMILES string of the molecule is CC(CN(C(=O)COc1ccc(Cl)cc1Cl)C1CC1)C(=O)O. The summed E-state index contributed by atoms with van der Waals surface area (Å²) in [6, 6.07) is 4.88. The van der Waals surface area contributed by atoms with Crippen molar-refractivity contribution >= 4 is 35.1 Å². The number of carbonyl (C=O) groups is 2. The van der Waals surface area contributed by atoms with Crippen molar-refractivity contribution in [3.8, 4) is 5.75 Å². The van der Waals surface area contributed by atoms with Gasteiger partial charge in [0, 0.05) is 17.6 Å². The Morgan fingerprint density at radius 1 is 1.41 bits per heavy atom. The lowest BCUT2D eigenvalue weighted by molar-refractivity contribution is -0.143. The number of ether oxygens (including phenoxy) is 1. The Kier molecular flexibility index (Phi) is 5.53. The van der Waals surface area contributed by atoms with Gasteiger partial charge in [-0.2, -0.15) is 0 Å². The second kappa shape index (κ2) is 7.20. The van der Waals surface area contributed by atoms with Crippen LogP contribution in [0.4, 0.5) is 0 Å². The van der Waals surface area contributed by atoms with Crippen molar-refractivity contribution in [3.63, 3.8) is 0 Å². The summed E-state index contributed by atoms with van der Waals surface area (Å²) in [6.07, 6.45) is 1.81. The van der Waals surface area contributed by atoms with Gasteiger partial charge in [0.2, 0.25) is 0 Å². The highest BCUT2D eigenvalue weighted by Gasteiger charge is 2.34. The van der Waals surface area contributed by atoms with Crippen LogP contribution in [-0.4, -0.2) is 41.1 Å². The standard InChI is InChI=1S/C15H17Cl2NO4/c1-9(15(20)21)7-18(11-3-4-11)14(19)8-22-13-5-2-10(16)6-12(13)17/h2,5-6,9,11H,3-4,7-8H2,1H3,(H,20,21). The van der Waals surface area contributed by atoms with E-state index in [4.69, 9.17) is 33.0 Å². The Balaban J connectivity index is 1.95. The number of carboxylic acid groups (broad SMARTS) is 1. The molecule has 1 saturated carbocycles. The van der Waals surface area contributed by atoms with Crippen LogP contribution in [0.15, 0.2) is 18.2 Å². The average Bonchev–Trinajstić information content (AvgIpc) is 3.27. The minimum atomic E-state index is -0.917. The summed E-state index contributed by atoms with van der Waals surface area (Å²) in [5.41, 5.74) is 0. The van der Waals surface area contributed by atoms with Crippen molar-refractivity contribution in [2.24, 2.45) is 5.92 Å². The van der Waals surface area contributed by atoms with Crippen LogP contribution in [0, 0.1) is 5.92 Å². The molecule has 0 heterocycles. The number of carbonyl (C=O) groups excluding carboxylic acids is 1. The highest BCUT2D eigenvalue weighted by atomic mass is 35.5. The molecule has 2 rings (SSSR count). The summed E-state index contributed by atoms with van der Waals surface area (Å²) in [5, 5.41) is 9.80. The van der Waals surface area contributed by atoms with E-state index in [2.05, 4.69) is 0 Å². The smallest absolute Gasteiger partial charge is 0.308 e. The molecule has 0 spiro atoms. The number of benzene rings is 1. The van der Waals surface area contributed by atoms with Crippen molar-refractivity contribution in [2.45, 2.75) is 25.8 Å². The molecule has 1 aromatic carbocycles. The number of halogens is 2. The minimum absolute atomic E-state index is 0.124. The monoisotopic (exact) mass is 345 g/mol. The van der Waals surface area contributed by atoms with E-state index in [1.165, 1.54) is 6.07 Å². The Bertz CT molecular complexity index is 575. The molecule has 0 saturated heterocycles. The first-order valence-electron chi connectivity index (χ1n) is 6.98. The number of amides is 1. The maximum Gasteiger partial charge on any atom is 0.308 e. The first-order chi connectivity index (χ1) is 10.4. The number of rotatable bonds is 7. The van der Waals surface area contributed by atoms with Gasteiger partial charge in [0.1, 0.15) is 5.75 Å². The first-order valence-corrected chi connectivity index (χ1v) is 7.74. The average molecular weight is 346 g/mol. The molecule has 1 aromatic rings. The van der Waals surface area contributed by atoms with E-state index >= 15 is 0 Å². The largest absolute Gasteiger partial charge is 0.482 e. The zero-order chi connectivity index (χ0) is 16.3. The molecule has 0 aromatic heterocycles. The quantitative estimate of drug-likeness (QED) is 0.824. The highest BCUT2D eigenvalue weighted by Crippen LogP contribution is 2.29. The number of nitrogens with zero attached hydrogens (tertiary/aromatic N) is 1. The molecule has 1 aliphatic rings. The molecule has 1 amide bonds. The molecule has 22 heavy (non-hydrogen) atoms. The van der Waals surface area contributed by atoms with E-state index in [0.29, 0.717) is 15.8 Å². The van der Waals surface area contributed by atoms with Crippen LogP contribution in [0.2, 0.25) is 10.0 Å². The molecule has 1 fully saturated rings. The molecule has 1 N–H and O–H groups in total. The summed E-state index contributed by atoms with van der Waals surface area (Å²) in [5.74, 6) is -1.38. The molecular formula is C15H17Cl2NO4. The summed E-state index contributed by atoms with van der Waals surface area (Å²) in [7, 11) is 0. The fraction of sp³-hybridized carbons (Fsp3) is 0.467. The van der Waals surface area contributed by atoms with Gasteiger partial charge in [0.05, 0.1) is 10.9 Å². The van der Waals surface area contributed by atoms with Crippen LogP contribution in [-0.2, 0) is 9.59 Å². The molecule has 120 valence electrons. The predicted octanol–water partition coefficient (Wildman–Crippen LogP) is 3.08. The van der Waals surface area contributed by atoms with Crippen LogP contribution in [0.25, 0.3) is 0 Å². The summed E-state index contributed by atoms with van der Waals surface area (Å²) in [4.78, 5) is 24.8. The van der Waals surface area contributed by atoms with Gasteiger partial charge in [-0.1, -0.05) is 30.1 Å². The van der Waals surface area contributed by atoms with Gasteiger partial charge in [-0.05, 0) is 31.0 Å². The molecule has 0 aliphatic heterocycles. The van der Waals surface area contributed by atoms with Crippen LogP contribution >= 0.6 is 23.2 Å².